The van der Waals surface area contributed by atoms with Crippen LogP contribution in [0.1, 0.15) is 24.5 Å². The third-order valence-corrected chi connectivity index (χ3v) is 5.34. The molecule has 1 aliphatic rings. The average Bonchev–Trinajstić information content (AvgIpc) is 3.12. The summed E-state index contributed by atoms with van der Waals surface area (Å²) >= 11 is 0. The summed E-state index contributed by atoms with van der Waals surface area (Å²) in [7, 11) is 3.37. The Morgan fingerprint density at radius 2 is 1.93 bits per heavy atom. The molecule has 0 unspecified atom stereocenters. The van der Waals surface area contributed by atoms with Crippen molar-refractivity contribution < 1.29 is 14.7 Å². The largest absolute Gasteiger partial charge is 0.391 e. The van der Waals surface area contributed by atoms with Gasteiger partial charge in [0.1, 0.15) is 12.1 Å². The zero-order valence-electron chi connectivity index (χ0n) is 16.8. The van der Waals surface area contributed by atoms with Crippen molar-refractivity contribution in [2.75, 3.05) is 20.6 Å². The number of amides is 2. The van der Waals surface area contributed by atoms with Crippen LogP contribution in [0.2, 0.25) is 0 Å². The fourth-order valence-electron chi connectivity index (χ4n) is 3.17. The molecule has 0 saturated carbocycles. The predicted molar refractivity (Wildman–Crippen MR) is 111 cm³/mol. The van der Waals surface area contributed by atoms with E-state index in [2.05, 4.69) is 16.0 Å². The van der Waals surface area contributed by atoms with Crippen LogP contribution in [0, 0.1) is 11.3 Å². The SMILES string of the molecule is CNC(C)(NC)[C@H](N)C(=O)N1C[C@H](O)C[C@H]1C(=O)NCc1ccc(C#N)cc1.Cl. The highest BCUT2D eigenvalue weighted by Crippen LogP contribution is 2.21. The van der Waals surface area contributed by atoms with Crippen LogP contribution in [-0.2, 0) is 16.1 Å². The van der Waals surface area contributed by atoms with Gasteiger partial charge < -0.3 is 31.7 Å². The van der Waals surface area contributed by atoms with Crippen molar-refractivity contribution >= 4 is 24.2 Å². The second-order valence-electron chi connectivity index (χ2n) is 7.10. The summed E-state index contributed by atoms with van der Waals surface area (Å²) in [4.78, 5) is 26.9. The first-order valence-corrected chi connectivity index (χ1v) is 9.14. The number of likely N-dealkylation sites (tertiary alicyclic amines) is 1. The van der Waals surface area contributed by atoms with Gasteiger partial charge in [-0.2, -0.15) is 5.26 Å². The molecular weight excluding hydrogens is 396 g/mol. The molecule has 0 aliphatic carbocycles. The van der Waals surface area contributed by atoms with Gasteiger partial charge in [0.15, 0.2) is 0 Å². The molecule has 9 nitrogen and oxygen atoms in total. The van der Waals surface area contributed by atoms with Gasteiger partial charge in [0.25, 0.3) is 0 Å². The number of carbonyl (C=O) groups excluding carboxylic acids is 2. The number of aliphatic hydroxyl groups is 1. The minimum Gasteiger partial charge on any atom is -0.391 e. The average molecular weight is 425 g/mol. The summed E-state index contributed by atoms with van der Waals surface area (Å²) < 4.78 is 0. The number of nitrogens with two attached hydrogens (primary N) is 1. The van der Waals surface area contributed by atoms with Gasteiger partial charge in [-0.05, 0) is 38.7 Å². The molecule has 2 rings (SSSR count). The number of aliphatic hydroxyl groups excluding tert-OH is 1. The van der Waals surface area contributed by atoms with Gasteiger partial charge in [-0.1, -0.05) is 12.1 Å². The van der Waals surface area contributed by atoms with Crippen molar-refractivity contribution in [2.24, 2.45) is 5.73 Å². The van der Waals surface area contributed by atoms with E-state index < -0.39 is 29.8 Å². The molecule has 0 bridgehead atoms. The first-order valence-electron chi connectivity index (χ1n) is 9.14. The number of likely N-dealkylation sites (N-methyl/N-ethyl adjacent to an activating group) is 2. The van der Waals surface area contributed by atoms with E-state index in [1.54, 1.807) is 45.3 Å². The second-order valence-corrected chi connectivity index (χ2v) is 7.10. The summed E-state index contributed by atoms with van der Waals surface area (Å²) in [6, 6.07) is 7.17. The minimum atomic E-state index is -0.943. The maximum atomic E-state index is 12.9. The lowest BCUT2D eigenvalue weighted by Gasteiger charge is -2.37. The molecule has 1 aromatic rings. The van der Waals surface area contributed by atoms with Crippen LogP contribution in [-0.4, -0.2) is 66.3 Å². The standard InChI is InChI=1S/C19H28N6O3.ClH/c1-19(22-2,23-3)16(21)18(28)25-11-14(26)8-15(25)17(27)24-10-13-6-4-12(9-20)5-7-13;/h4-7,14-16,22-23,26H,8,10-11,21H2,1-3H3,(H,24,27);1H/t14-,15+,16-;/m1./s1. The summed E-state index contributed by atoms with van der Waals surface area (Å²) in [5, 5.41) is 27.6. The molecule has 0 aromatic heterocycles. The zero-order valence-corrected chi connectivity index (χ0v) is 17.6. The molecule has 1 heterocycles. The van der Waals surface area contributed by atoms with E-state index in [-0.39, 0.29) is 37.8 Å². The molecule has 1 aromatic carbocycles. The minimum absolute atomic E-state index is 0. The molecular formula is C19H29ClN6O3. The van der Waals surface area contributed by atoms with Gasteiger partial charge in [0.2, 0.25) is 11.8 Å². The van der Waals surface area contributed by atoms with Crippen LogP contribution in [0.4, 0.5) is 0 Å². The van der Waals surface area contributed by atoms with Crippen molar-refractivity contribution in [3.05, 3.63) is 35.4 Å². The molecule has 0 radical (unpaired) electrons. The maximum Gasteiger partial charge on any atom is 0.243 e. The molecule has 6 N–H and O–H groups in total. The van der Waals surface area contributed by atoms with E-state index in [0.29, 0.717) is 5.56 Å². The molecule has 1 fully saturated rings. The van der Waals surface area contributed by atoms with Gasteiger partial charge in [0.05, 0.1) is 23.4 Å². The molecule has 160 valence electrons. The number of hydrogen-bond donors (Lipinski definition) is 5. The fraction of sp³-hybridized carbons (Fsp3) is 0.526. The number of carbonyl (C=O) groups is 2. The maximum absolute atomic E-state index is 12.9. The predicted octanol–water partition coefficient (Wildman–Crippen LogP) is -0.960. The monoisotopic (exact) mass is 424 g/mol. The van der Waals surface area contributed by atoms with Crippen LogP contribution in [0.3, 0.4) is 0 Å². The number of nitriles is 1. The summed E-state index contributed by atoms with van der Waals surface area (Å²) in [6.45, 7) is 2.07. The Kier molecular flexibility index (Phi) is 9.01. The Hall–Kier alpha value is -2.22. The van der Waals surface area contributed by atoms with Crippen molar-refractivity contribution in [3.8, 4) is 6.07 Å². The quantitative estimate of drug-likeness (QED) is 0.354. The normalized spacial score (nSPS) is 19.8. The lowest BCUT2D eigenvalue weighted by atomic mass is 10.0. The highest BCUT2D eigenvalue weighted by Gasteiger charge is 2.44. The summed E-state index contributed by atoms with van der Waals surface area (Å²) in [6.07, 6.45) is -0.620. The zero-order chi connectivity index (χ0) is 20.9. The number of nitrogens with one attached hydrogen (secondary N) is 3. The van der Waals surface area contributed by atoms with E-state index in [4.69, 9.17) is 11.0 Å². The van der Waals surface area contributed by atoms with Gasteiger partial charge in [-0.15, -0.1) is 12.4 Å². The second kappa shape index (κ2) is 10.5. The Morgan fingerprint density at radius 1 is 1.34 bits per heavy atom. The van der Waals surface area contributed by atoms with Crippen LogP contribution in [0.25, 0.3) is 0 Å². The molecule has 29 heavy (non-hydrogen) atoms. The van der Waals surface area contributed by atoms with E-state index in [1.807, 2.05) is 6.07 Å². The van der Waals surface area contributed by atoms with Gasteiger partial charge >= 0.3 is 0 Å². The van der Waals surface area contributed by atoms with Crippen LogP contribution >= 0.6 is 12.4 Å². The van der Waals surface area contributed by atoms with Crippen molar-refractivity contribution in [1.82, 2.24) is 20.9 Å². The van der Waals surface area contributed by atoms with Crippen molar-refractivity contribution in [1.29, 1.82) is 5.26 Å². The highest BCUT2D eigenvalue weighted by molar-refractivity contribution is 5.91. The van der Waals surface area contributed by atoms with E-state index in [9.17, 15) is 14.7 Å². The van der Waals surface area contributed by atoms with Crippen LogP contribution < -0.4 is 21.7 Å². The first-order chi connectivity index (χ1) is 13.3. The molecule has 1 aliphatic heterocycles. The van der Waals surface area contributed by atoms with Crippen LogP contribution in [0.5, 0.6) is 0 Å². The van der Waals surface area contributed by atoms with E-state index in [1.165, 1.54) is 4.90 Å². The van der Waals surface area contributed by atoms with Crippen molar-refractivity contribution in [3.63, 3.8) is 0 Å². The molecule has 0 spiro atoms. The number of halogens is 1. The fourth-order valence-corrected chi connectivity index (χ4v) is 3.17. The number of benzene rings is 1. The lowest BCUT2D eigenvalue weighted by molar-refractivity contribution is -0.141. The first kappa shape index (κ1) is 24.8. The number of nitrogens with zero attached hydrogens (tertiary/aromatic N) is 2. The number of rotatable bonds is 7. The van der Waals surface area contributed by atoms with E-state index >= 15 is 0 Å². The molecule has 1 saturated heterocycles. The van der Waals surface area contributed by atoms with Gasteiger partial charge in [0, 0.05) is 19.5 Å². The van der Waals surface area contributed by atoms with Gasteiger partial charge in [-0.3, -0.25) is 9.59 Å². The Labute approximate surface area is 177 Å². The molecule has 3 atom stereocenters. The lowest BCUT2D eigenvalue weighted by Crippen LogP contribution is -2.68. The number of β-amino-alcohol motifs (C(OH)–C–C–N with tert-alkyl or cyclic N) is 1. The summed E-state index contributed by atoms with van der Waals surface area (Å²) in [5.41, 5.74) is 6.66. The van der Waals surface area contributed by atoms with Crippen LogP contribution in [0.15, 0.2) is 24.3 Å². The smallest absolute Gasteiger partial charge is 0.243 e. The third kappa shape index (κ3) is 5.65. The topological polar surface area (TPSA) is 144 Å². The summed E-state index contributed by atoms with van der Waals surface area (Å²) in [5.74, 6) is -0.765. The highest BCUT2D eigenvalue weighted by atomic mass is 35.5. The molecule has 2 amide bonds. The molecule has 10 heteroatoms. The van der Waals surface area contributed by atoms with Crippen molar-refractivity contribution in [2.45, 2.75) is 43.7 Å². The Bertz CT molecular complexity index is 747. The Morgan fingerprint density at radius 3 is 2.45 bits per heavy atom. The third-order valence-electron chi connectivity index (χ3n) is 5.34. The van der Waals surface area contributed by atoms with Gasteiger partial charge in [-0.25, -0.2) is 0 Å². The number of hydrogen-bond acceptors (Lipinski definition) is 7. The Balaban J connectivity index is 0.00000420. The van der Waals surface area contributed by atoms with E-state index in [0.717, 1.165) is 5.56 Å².